The molecule has 4 aromatic rings. The Labute approximate surface area is 162 Å². The van der Waals surface area contributed by atoms with Crippen molar-refractivity contribution in [3.8, 4) is 33.6 Å². The summed E-state index contributed by atoms with van der Waals surface area (Å²) in [5.41, 5.74) is 6.06. The first kappa shape index (κ1) is 16.8. The van der Waals surface area contributed by atoms with Crippen molar-refractivity contribution in [3.63, 3.8) is 0 Å². The minimum absolute atomic E-state index is 0.697. The molecule has 0 saturated heterocycles. The first-order valence-corrected chi connectivity index (χ1v) is 9.04. The molecule has 0 aliphatic carbocycles. The predicted molar refractivity (Wildman–Crippen MR) is 111 cm³/mol. The molecule has 4 rings (SSSR count). The molecule has 126 valence electrons. The fraction of sp³-hybridized carbons (Fsp3) is 0. The zero-order chi connectivity index (χ0) is 17.9. The molecule has 1 heterocycles. The van der Waals surface area contributed by atoms with Crippen molar-refractivity contribution >= 4 is 23.2 Å². The lowest BCUT2D eigenvalue weighted by atomic mass is 10.00. The van der Waals surface area contributed by atoms with Crippen molar-refractivity contribution in [1.82, 2.24) is 4.98 Å². The molecule has 0 bridgehead atoms. The van der Waals surface area contributed by atoms with E-state index in [0.29, 0.717) is 5.02 Å². The van der Waals surface area contributed by atoms with Crippen molar-refractivity contribution in [2.45, 2.75) is 0 Å². The van der Waals surface area contributed by atoms with E-state index in [9.17, 15) is 0 Å². The zero-order valence-electron chi connectivity index (χ0n) is 13.9. The van der Waals surface area contributed by atoms with E-state index in [1.807, 2.05) is 66.7 Å². The Morgan fingerprint density at radius 1 is 0.462 bits per heavy atom. The summed E-state index contributed by atoms with van der Waals surface area (Å²) in [6, 6.07) is 30.0. The molecule has 0 aliphatic heterocycles. The number of nitrogens with zero attached hydrogens (tertiary/aromatic N) is 1. The van der Waals surface area contributed by atoms with Gasteiger partial charge >= 0.3 is 0 Å². The minimum Gasteiger partial charge on any atom is -0.248 e. The van der Waals surface area contributed by atoms with Crippen molar-refractivity contribution < 1.29 is 0 Å². The van der Waals surface area contributed by atoms with Gasteiger partial charge in [-0.25, -0.2) is 4.98 Å². The topological polar surface area (TPSA) is 12.9 Å². The van der Waals surface area contributed by atoms with Crippen LogP contribution < -0.4 is 0 Å². The van der Waals surface area contributed by atoms with Crippen molar-refractivity contribution in [2.75, 3.05) is 0 Å². The van der Waals surface area contributed by atoms with E-state index in [0.717, 1.165) is 38.7 Å². The molecule has 0 saturated carbocycles. The van der Waals surface area contributed by atoms with Gasteiger partial charge in [-0.2, -0.15) is 0 Å². The fourth-order valence-electron chi connectivity index (χ4n) is 2.89. The molecule has 0 unspecified atom stereocenters. The molecule has 0 atom stereocenters. The maximum Gasteiger partial charge on any atom is 0.0716 e. The van der Waals surface area contributed by atoms with E-state index in [1.165, 1.54) is 0 Å². The standard InChI is InChI=1S/C23H15Cl2N/c24-20-11-9-16(10-12-20)19-14-22(17-5-2-1-3-6-17)26-23(15-19)18-7-4-8-21(25)13-18/h1-15H. The second kappa shape index (κ2) is 7.33. The molecule has 0 amide bonds. The second-order valence-electron chi connectivity index (χ2n) is 6.01. The van der Waals surface area contributed by atoms with Gasteiger partial charge in [0.15, 0.2) is 0 Å². The van der Waals surface area contributed by atoms with Crippen molar-refractivity contribution in [2.24, 2.45) is 0 Å². The first-order valence-electron chi connectivity index (χ1n) is 8.28. The molecule has 3 aromatic carbocycles. The lowest BCUT2D eigenvalue weighted by Gasteiger charge is -2.10. The van der Waals surface area contributed by atoms with Gasteiger partial charge in [-0.15, -0.1) is 0 Å². The summed E-state index contributed by atoms with van der Waals surface area (Å²) in [5, 5.41) is 1.42. The summed E-state index contributed by atoms with van der Waals surface area (Å²) in [7, 11) is 0. The molecule has 0 aliphatic rings. The number of hydrogen-bond acceptors (Lipinski definition) is 1. The van der Waals surface area contributed by atoms with Crippen LogP contribution >= 0.6 is 23.2 Å². The van der Waals surface area contributed by atoms with Gasteiger partial charge in [-0.3, -0.25) is 0 Å². The van der Waals surface area contributed by atoms with Gasteiger partial charge in [-0.05, 0) is 47.5 Å². The van der Waals surface area contributed by atoms with Crippen LogP contribution in [0.5, 0.6) is 0 Å². The summed E-state index contributed by atoms with van der Waals surface area (Å²) in [6.07, 6.45) is 0. The SMILES string of the molecule is Clc1ccc(-c2cc(-c3ccccc3)nc(-c3cccc(Cl)c3)c2)cc1. The average molecular weight is 376 g/mol. The summed E-state index contributed by atoms with van der Waals surface area (Å²) in [6.45, 7) is 0. The number of hydrogen-bond donors (Lipinski definition) is 0. The van der Waals surface area contributed by atoms with Gasteiger partial charge in [0.1, 0.15) is 0 Å². The van der Waals surface area contributed by atoms with E-state index in [1.54, 1.807) is 0 Å². The Bertz CT molecular complexity index is 1040. The van der Waals surface area contributed by atoms with Crippen molar-refractivity contribution in [1.29, 1.82) is 0 Å². The highest BCUT2D eigenvalue weighted by Gasteiger charge is 2.09. The van der Waals surface area contributed by atoms with Gasteiger partial charge in [0, 0.05) is 21.2 Å². The van der Waals surface area contributed by atoms with Crippen LogP contribution in [0.2, 0.25) is 10.0 Å². The molecule has 0 spiro atoms. The maximum atomic E-state index is 6.18. The molecule has 0 N–H and O–H groups in total. The van der Waals surface area contributed by atoms with Gasteiger partial charge in [0.2, 0.25) is 0 Å². The monoisotopic (exact) mass is 375 g/mol. The summed E-state index contributed by atoms with van der Waals surface area (Å²) < 4.78 is 0. The molecule has 1 nitrogen and oxygen atoms in total. The number of pyridine rings is 1. The van der Waals surface area contributed by atoms with Crippen LogP contribution in [0.1, 0.15) is 0 Å². The lowest BCUT2D eigenvalue weighted by Crippen LogP contribution is -1.91. The van der Waals surface area contributed by atoms with Crippen LogP contribution in [0, 0.1) is 0 Å². The van der Waals surface area contributed by atoms with Gasteiger partial charge in [0.05, 0.1) is 11.4 Å². The molecular weight excluding hydrogens is 361 g/mol. The average Bonchev–Trinajstić information content (AvgIpc) is 2.69. The quantitative estimate of drug-likeness (QED) is 0.363. The molecule has 3 heteroatoms. The minimum atomic E-state index is 0.697. The van der Waals surface area contributed by atoms with Crippen LogP contribution in [0.15, 0.2) is 91.0 Å². The highest BCUT2D eigenvalue weighted by Crippen LogP contribution is 2.31. The summed E-state index contributed by atoms with van der Waals surface area (Å²) in [5.74, 6) is 0. The van der Waals surface area contributed by atoms with E-state index in [4.69, 9.17) is 28.2 Å². The Kier molecular flexibility index (Phi) is 4.75. The Morgan fingerprint density at radius 3 is 1.81 bits per heavy atom. The zero-order valence-corrected chi connectivity index (χ0v) is 15.4. The Hall–Kier alpha value is -2.61. The molecular formula is C23H15Cl2N. The van der Waals surface area contributed by atoms with Crippen LogP contribution in [0.3, 0.4) is 0 Å². The Morgan fingerprint density at radius 2 is 1.12 bits per heavy atom. The summed E-state index contributed by atoms with van der Waals surface area (Å²) >= 11 is 12.2. The normalized spacial score (nSPS) is 10.7. The van der Waals surface area contributed by atoms with Crippen LogP contribution in [0.4, 0.5) is 0 Å². The van der Waals surface area contributed by atoms with Gasteiger partial charge in [0.25, 0.3) is 0 Å². The van der Waals surface area contributed by atoms with Crippen LogP contribution in [-0.4, -0.2) is 4.98 Å². The number of aromatic nitrogens is 1. The maximum absolute atomic E-state index is 6.18. The molecule has 0 fully saturated rings. The molecule has 0 radical (unpaired) electrons. The number of halogens is 2. The van der Waals surface area contributed by atoms with Crippen LogP contribution in [-0.2, 0) is 0 Å². The highest BCUT2D eigenvalue weighted by atomic mass is 35.5. The third-order valence-electron chi connectivity index (χ3n) is 4.19. The van der Waals surface area contributed by atoms with Crippen molar-refractivity contribution in [3.05, 3.63) is 101 Å². The number of benzene rings is 3. The second-order valence-corrected chi connectivity index (χ2v) is 6.88. The summed E-state index contributed by atoms with van der Waals surface area (Å²) in [4.78, 5) is 4.87. The first-order chi connectivity index (χ1) is 12.7. The molecule has 26 heavy (non-hydrogen) atoms. The lowest BCUT2D eigenvalue weighted by molar-refractivity contribution is 1.32. The largest absolute Gasteiger partial charge is 0.248 e. The smallest absolute Gasteiger partial charge is 0.0716 e. The van der Waals surface area contributed by atoms with Gasteiger partial charge < -0.3 is 0 Å². The third-order valence-corrected chi connectivity index (χ3v) is 4.68. The highest BCUT2D eigenvalue weighted by molar-refractivity contribution is 6.31. The van der Waals surface area contributed by atoms with E-state index < -0.39 is 0 Å². The number of rotatable bonds is 3. The third kappa shape index (κ3) is 3.65. The Balaban J connectivity index is 1.91. The fourth-order valence-corrected chi connectivity index (χ4v) is 3.21. The van der Waals surface area contributed by atoms with Crippen LogP contribution in [0.25, 0.3) is 33.6 Å². The van der Waals surface area contributed by atoms with E-state index >= 15 is 0 Å². The predicted octanol–water partition coefficient (Wildman–Crippen LogP) is 7.39. The molecule has 1 aromatic heterocycles. The van der Waals surface area contributed by atoms with E-state index in [-0.39, 0.29) is 0 Å². The van der Waals surface area contributed by atoms with E-state index in [2.05, 4.69) is 24.3 Å². The van der Waals surface area contributed by atoms with Gasteiger partial charge in [-0.1, -0.05) is 77.8 Å².